The van der Waals surface area contributed by atoms with Gasteiger partial charge in [0.15, 0.2) is 0 Å². The third-order valence-corrected chi connectivity index (χ3v) is 1.34. The predicted molar refractivity (Wildman–Crippen MR) is 37.9 cm³/mol. The van der Waals surface area contributed by atoms with Crippen LogP contribution >= 0.6 is 8.25 Å². The van der Waals surface area contributed by atoms with Gasteiger partial charge in [0, 0.05) is 7.05 Å². The van der Waals surface area contributed by atoms with Crippen LogP contribution in [0, 0.1) is 0 Å². The molecule has 1 unspecified atom stereocenters. The standard InChI is InChI=1S/C3H10NO3P.Na.H/c1-3-6-8(5)7-4-2;;/h4,8H,3H2,1-2H3;;. The molecule has 0 saturated carbocycles. The Bertz CT molecular complexity index is 73.5. The van der Waals surface area contributed by atoms with E-state index in [1.54, 1.807) is 6.92 Å². The zero-order chi connectivity index (χ0) is 6.41. The molecule has 1 atom stereocenters. The van der Waals surface area contributed by atoms with Gasteiger partial charge in [0.1, 0.15) is 0 Å². The summed E-state index contributed by atoms with van der Waals surface area (Å²) in [6.07, 6.45) is 0. The van der Waals surface area contributed by atoms with Gasteiger partial charge in [-0.3, -0.25) is 4.57 Å². The fourth-order valence-corrected chi connectivity index (χ4v) is 0.692. The molecule has 52 valence electrons. The Kier molecular flexibility index (Phi) is 12.9. The van der Waals surface area contributed by atoms with Crippen molar-refractivity contribution in [3.8, 4) is 0 Å². The summed E-state index contributed by atoms with van der Waals surface area (Å²) >= 11 is 0. The molecule has 0 spiro atoms. The van der Waals surface area contributed by atoms with Crippen LogP contribution in [0.1, 0.15) is 6.92 Å². The molecule has 0 aliphatic rings. The molecular weight excluding hydrogens is 152 g/mol. The Morgan fingerprint density at radius 1 is 1.67 bits per heavy atom. The van der Waals surface area contributed by atoms with Crippen LogP contribution in [0.4, 0.5) is 0 Å². The van der Waals surface area contributed by atoms with Crippen molar-refractivity contribution in [2.24, 2.45) is 0 Å². The fraction of sp³-hybridized carbons (Fsp3) is 1.00. The Morgan fingerprint density at radius 2 is 2.22 bits per heavy atom. The number of hydrogen-bond acceptors (Lipinski definition) is 4. The number of hydroxylamine groups is 1. The van der Waals surface area contributed by atoms with Gasteiger partial charge < -0.3 is 4.52 Å². The predicted octanol–water partition coefficient (Wildman–Crippen LogP) is -0.0849. The minimum atomic E-state index is -2.25. The molecule has 0 aromatic carbocycles. The van der Waals surface area contributed by atoms with Crippen LogP contribution < -0.4 is 5.48 Å². The molecule has 0 heterocycles. The summed E-state index contributed by atoms with van der Waals surface area (Å²) in [5, 5.41) is 0. The first-order valence-corrected chi connectivity index (χ1v) is 3.54. The van der Waals surface area contributed by atoms with Gasteiger partial charge in [0.2, 0.25) is 0 Å². The van der Waals surface area contributed by atoms with Gasteiger partial charge in [0.25, 0.3) is 0 Å². The summed E-state index contributed by atoms with van der Waals surface area (Å²) in [5.41, 5.74) is 2.26. The third kappa shape index (κ3) is 9.11. The molecule has 0 amide bonds. The topological polar surface area (TPSA) is 47.6 Å². The van der Waals surface area contributed by atoms with Crippen molar-refractivity contribution >= 4 is 37.8 Å². The van der Waals surface area contributed by atoms with Gasteiger partial charge in [-0.25, -0.2) is 4.62 Å². The quantitative estimate of drug-likeness (QED) is 0.357. The Balaban J connectivity index is 0. The first kappa shape index (κ1) is 12.8. The summed E-state index contributed by atoms with van der Waals surface area (Å²) in [6, 6.07) is 0. The van der Waals surface area contributed by atoms with Crippen LogP contribution in [0.2, 0.25) is 0 Å². The zero-order valence-electron chi connectivity index (χ0n) is 4.93. The van der Waals surface area contributed by atoms with Crippen molar-refractivity contribution in [1.29, 1.82) is 0 Å². The molecule has 0 fully saturated rings. The summed E-state index contributed by atoms with van der Waals surface area (Å²) in [6.45, 7) is 2.17. The van der Waals surface area contributed by atoms with E-state index in [0.717, 1.165) is 0 Å². The van der Waals surface area contributed by atoms with E-state index in [0.29, 0.717) is 6.61 Å². The molecule has 0 radical (unpaired) electrons. The Labute approximate surface area is 77.5 Å². The van der Waals surface area contributed by atoms with Crippen LogP contribution in [0.25, 0.3) is 0 Å². The number of nitrogens with one attached hydrogen (secondary N) is 1. The molecule has 0 aliphatic heterocycles. The molecule has 0 saturated heterocycles. The van der Waals surface area contributed by atoms with Crippen LogP contribution in [-0.4, -0.2) is 43.2 Å². The van der Waals surface area contributed by atoms with Crippen molar-refractivity contribution in [1.82, 2.24) is 5.48 Å². The van der Waals surface area contributed by atoms with Crippen molar-refractivity contribution in [3.63, 3.8) is 0 Å². The number of rotatable bonds is 4. The normalized spacial score (nSPS) is 12.2. The molecule has 0 bridgehead atoms. The van der Waals surface area contributed by atoms with Crippen LogP contribution in [0.3, 0.4) is 0 Å². The maximum absolute atomic E-state index is 10.3. The van der Waals surface area contributed by atoms with Gasteiger partial charge in [0.05, 0.1) is 6.61 Å². The van der Waals surface area contributed by atoms with Gasteiger partial charge in [-0.05, 0) is 6.92 Å². The van der Waals surface area contributed by atoms with E-state index >= 15 is 0 Å². The molecule has 0 aromatic heterocycles. The second-order valence-corrected chi connectivity index (χ2v) is 1.98. The first-order chi connectivity index (χ1) is 3.81. The fourth-order valence-electron chi connectivity index (χ4n) is 0.231. The second kappa shape index (κ2) is 9.11. The monoisotopic (exact) mass is 163 g/mol. The van der Waals surface area contributed by atoms with Crippen molar-refractivity contribution in [2.45, 2.75) is 6.92 Å². The van der Waals surface area contributed by atoms with E-state index in [1.807, 2.05) is 0 Å². The van der Waals surface area contributed by atoms with Crippen molar-refractivity contribution in [2.75, 3.05) is 13.7 Å². The van der Waals surface area contributed by atoms with Crippen LogP contribution in [-0.2, 0) is 13.7 Å². The number of hydrogen-bond donors (Lipinski definition) is 1. The summed E-state index contributed by atoms with van der Waals surface area (Å²) in [5.74, 6) is 0. The molecule has 0 aliphatic carbocycles. The van der Waals surface area contributed by atoms with Crippen molar-refractivity contribution < 1.29 is 13.7 Å². The van der Waals surface area contributed by atoms with Gasteiger partial charge in [-0.1, -0.05) is 0 Å². The molecule has 1 N–H and O–H groups in total. The van der Waals surface area contributed by atoms with E-state index in [2.05, 4.69) is 14.6 Å². The molecule has 9 heavy (non-hydrogen) atoms. The van der Waals surface area contributed by atoms with Crippen LogP contribution in [0.15, 0.2) is 0 Å². The molecular formula is C3H11NNaO3P. The van der Waals surface area contributed by atoms with E-state index in [-0.39, 0.29) is 29.6 Å². The molecule has 0 aromatic rings. The zero-order valence-corrected chi connectivity index (χ0v) is 5.93. The van der Waals surface area contributed by atoms with E-state index < -0.39 is 8.25 Å². The van der Waals surface area contributed by atoms with Gasteiger partial charge >= 0.3 is 37.8 Å². The average molecular weight is 163 g/mol. The maximum atomic E-state index is 10.3. The average Bonchev–Trinajstić information content (AvgIpc) is 1.68. The SMILES string of the molecule is CCO[PH](=O)ONC.[NaH]. The summed E-state index contributed by atoms with van der Waals surface area (Å²) < 4.78 is 19.2. The van der Waals surface area contributed by atoms with Crippen molar-refractivity contribution in [3.05, 3.63) is 0 Å². The van der Waals surface area contributed by atoms with Gasteiger partial charge in [-0.2, -0.15) is 5.48 Å². The van der Waals surface area contributed by atoms with E-state index in [1.165, 1.54) is 7.05 Å². The summed E-state index contributed by atoms with van der Waals surface area (Å²) in [7, 11) is -0.723. The Morgan fingerprint density at radius 3 is 2.56 bits per heavy atom. The molecule has 4 nitrogen and oxygen atoms in total. The van der Waals surface area contributed by atoms with Crippen LogP contribution in [0.5, 0.6) is 0 Å². The molecule has 6 heteroatoms. The summed E-state index contributed by atoms with van der Waals surface area (Å²) in [4.78, 5) is 0. The second-order valence-electron chi connectivity index (χ2n) is 0.989. The van der Waals surface area contributed by atoms with E-state index in [4.69, 9.17) is 0 Å². The van der Waals surface area contributed by atoms with E-state index in [9.17, 15) is 4.57 Å². The first-order valence-electron chi connectivity index (χ1n) is 2.31. The van der Waals surface area contributed by atoms with Gasteiger partial charge in [-0.15, -0.1) is 0 Å². The molecule has 0 rings (SSSR count). The third-order valence-electron chi connectivity index (χ3n) is 0.448. The minimum absolute atomic E-state index is 0. The Hall–Kier alpha value is 1.11.